The predicted molar refractivity (Wildman–Crippen MR) is 83.8 cm³/mol. The van der Waals surface area contributed by atoms with E-state index >= 15 is 0 Å². The van der Waals surface area contributed by atoms with Crippen LogP contribution in [0.2, 0.25) is 0 Å². The zero-order valence-corrected chi connectivity index (χ0v) is 12.7. The fourth-order valence-corrected chi connectivity index (χ4v) is 3.16. The molecule has 3 rings (SSSR count). The van der Waals surface area contributed by atoms with Crippen LogP contribution in [0, 0.1) is 0 Å². The number of benzene rings is 1. The average molecular weight is 289 g/mol. The molecule has 3 N–H and O–H groups in total. The van der Waals surface area contributed by atoms with Gasteiger partial charge in [-0.1, -0.05) is 6.42 Å². The van der Waals surface area contributed by atoms with Gasteiger partial charge in [-0.25, -0.2) is 4.99 Å². The number of rotatable bonds is 6. The van der Waals surface area contributed by atoms with E-state index in [4.69, 9.17) is 15.2 Å². The lowest BCUT2D eigenvalue weighted by molar-refractivity contribution is 0.287. The van der Waals surface area contributed by atoms with Gasteiger partial charge in [0, 0.05) is 6.07 Å². The summed E-state index contributed by atoms with van der Waals surface area (Å²) in [5.74, 6) is 2.27. The van der Waals surface area contributed by atoms with Gasteiger partial charge in [0.2, 0.25) is 0 Å². The van der Waals surface area contributed by atoms with Gasteiger partial charge in [-0.3, -0.25) is 0 Å². The quantitative estimate of drug-likeness (QED) is 0.787. The van der Waals surface area contributed by atoms with Crippen LogP contribution in [0.25, 0.3) is 0 Å². The van der Waals surface area contributed by atoms with E-state index in [0.717, 1.165) is 48.8 Å². The SMILES string of the molecule is CNCCCOc1cc2c(cc1OC)C1(CCC1)C(N)=N2. The van der Waals surface area contributed by atoms with Crippen molar-refractivity contribution in [3.8, 4) is 11.5 Å². The summed E-state index contributed by atoms with van der Waals surface area (Å²) >= 11 is 0. The largest absolute Gasteiger partial charge is 0.493 e. The van der Waals surface area contributed by atoms with Gasteiger partial charge >= 0.3 is 0 Å². The molecule has 0 aromatic heterocycles. The van der Waals surface area contributed by atoms with E-state index in [0.29, 0.717) is 6.61 Å². The van der Waals surface area contributed by atoms with Crippen molar-refractivity contribution >= 4 is 11.5 Å². The Labute approximate surface area is 125 Å². The first kappa shape index (κ1) is 14.2. The maximum Gasteiger partial charge on any atom is 0.163 e. The zero-order chi connectivity index (χ0) is 14.9. The minimum atomic E-state index is -0.0345. The first-order valence-electron chi connectivity index (χ1n) is 7.56. The second-order valence-corrected chi connectivity index (χ2v) is 5.76. The number of aliphatic imine (C=N–C) groups is 1. The van der Waals surface area contributed by atoms with E-state index in [1.54, 1.807) is 7.11 Å². The fourth-order valence-electron chi connectivity index (χ4n) is 3.16. The van der Waals surface area contributed by atoms with Crippen LogP contribution in [0.15, 0.2) is 17.1 Å². The Hall–Kier alpha value is -1.75. The van der Waals surface area contributed by atoms with E-state index in [2.05, 4.69) is 16.4 Å². The highest BCUT2D eigenvalue weighted by Crippen LogP contribution is 2.53. The van der Waals surface area contributed by atoms with Crippen LogP contribution in [0.4, 0.5) is 5.69 Å². The molecule has 0 saturated heterocycles. The second-order valence-electron chi connectivity index (χ2n) is 5.76. The van der Waals surface area contributed by atoms with Gasteiger partial charge in [-0.2, -0.15) is 0 Å². The van der Waals surface area contributed by atoms with Crippen molar-refractivity contribution in [3.05, 3.63) is 17.7 Å². The van der Waals surface area contributed by atoms with Crippen molar-refractivity contribution in [1.82, 2.24) is 5.32 Å². The van der Waals surface area contributed by atoms with Crippen LogP contribution in [-0.2, 0) is 5.41 Å². The topological polar surface area (TPSA) is 68.9 Å². The van der Waals surface area contributed by atoms with Crippen LogP contribution < -0.4 is 20.5 Å². The molecule has 1 fully saturated rings. The lowest BCUT2D eigenvalue weighted by Gasteiger charge is -2.38. The molecule has 1 aliphatic carbocycles. The highest BCUT2D eigenvalue weighted by Gasteiger charge is 2.47. The van der Waals surface area contributed by atoms with E-state index < -0.39 is 0 Å². The first-order valence-corrected chi connectivity index (χ1v) is 7.56. The highest BCUT2D eigenvalue weighted by molar-refractivity contribution is 6.00. The Balaban J connectivity index is 1.85. The van der Waals surface area contributed by atoms with E-state index in [1.807, 2.05) is 13.1 Å². The van der Waals surface area contributed by atoms with Crippen LogP contribution in [-0.4, -0.2) is 33.1 Å². The summed E-state index contributed by atoms with van der Waals surface area (Å²) in [4.78, 5) is 4.55. The Bertz CT molecular complexity index is 565. The summed E-state index contributed by atoms with van der Waals surface area (Å²) in [5, 5.41) is 3.11. The molecule has 1 aromatic carbocycles. The Morgan fingerprint density at radius 3 is 2.76 bits per heavy atom. The lowest BCUT2D eigenvalue weighted by atomic mass is 9.64. The number of nitrogens with zero attached hydrogens (tertiary/aromatic N) is 1. The first-order chi connectivity index (χ1) is 10.2. The molecule has 5 heteroatoms. The van der Waals surface area contributed by atoms with Crippen molar-refractivity contribution in [1.29, 1.82) is 0 Å². The minimum Gasteiger partial charge on any atom is -0.493 e. The molecule has 0 bridgehead atoms. The fraction of sp³-hybridized carbons (Fsp3) is 0.562. The third-order valence-corrected chi connectivity index (χ3v) is 4.56. The summed E-state index contributed by atoms with van der Waals surface area (Å²) < 4.78 is 11.3. The number of hydrogen-bond acceptors (Lipinski definition) is 5. The zero-order valence-electron chi connectivity index (χ0n) is 12.7. The monoisotopic (exact) mass is 289 g/mol. The maximum absolute atomic E-state index is 6.17. The van der Waals surface area contributed by atoms with Crippen LogP contribution in [0.3, 0.4) is 0 Å². The van der Waals surface area contributed by atoms with Gasteiger partial charge in [0.1, 0.15) is 5.84 Å². The number of nitrogens with two attached hydrogens (primary N) is 1. The van der Waals surface area contributed by atoms with E-state index in [9.17, 15) is 0 Å². The van der Waals surface area contributed by atoms with Crippen molar-refractivity contribution in [2.45, 2.75) is 31.1 Å². The molecule has 21 heavy (non-hydrogen) atoms. The molecule has 0 radical (unpaired) electrons. The number of nitrogens with one attached hydrogen (secondary N) is 1. The molecule has 0 atom stereocenters. The molecule has 1 aromatic rings. The summed E-state index contributed by atoms with van der Waals surface area (Å²) in [5.41, 5.74) is 8.27. The van der Waals surface area contributed by atoms with Gasteiger partial charge in [-0.05, 0) is 44.5 Å². The van der Waals surface area contributed by atoms with Gasteiger partial charge in [0.05, 0.1) is 24.8 Å². The Kier molecular flexibility index (Phi) is 3.76. The van der Waals surface area contributed by atoms with Crippen LogP contribution in [0.5, 0.6) is 11.5 Å². The number of ether oxygens (including phenoxy) is 2. The van der Waals surface area contributed by atoms with Gasteiger partial charge in [0.15, 0.2) is 11.5 Å². The summed E-state index contributed by atoms with van der Waals surface area (Å²) in [6.07, 6.45) is 4.33. The number of amidine groups is 1. The van der Waals surface area contributed by atoms with Gasteiger partial charge < -0.3 is 20.5 Å². The molecule has 0 amide bonds. The number of fused-ring (bicyclic) bond motifs is 2. The Morgan fingerprint density at radius 2 is 2.14 bits per heavy atom. The van der Waals surface area contributed by atoms with Gasteiger partial charge in [0.25, 0.3) is 0 Å². The normalized spacial score (nSPS) is 18.1. The molecule has 1 heterocycles. The van der Waals surface area contributed by atoms with Crippen molar-refractivity contribution in [2.75, 3.05) is 27.3 Å². The third-order valence-electron chi connectivity index (χ3n) is 4.56. The molecule has 1 spiro atoms. The predicted octanol–water partition coefficient (Wildman–Crippen LogP) is 2.11. The van der Waals surface area contributed by atoms with Crippen LogP contribution >= 0.6 is 0 Å². The van der Waals surface area contributed by atoms with E-state index in [1.165, 1.54) is 12.0 Å². The van der Waals surface area contributed by atoms with E-state index in [-0.39, 0.29) is 5.41 Å². The summed E-state index contributed by atoms with van der Waals surface area (Å²) in [6, 6.07) is 4.03. The molecule has 1 saturated carbocycles. The second kappa shape index (κ2) is 5.56. The molecule has 5 nitrogen and oxygen atoms in total. The molecular formula is C16H23N3O2. The molecule has 1 aliphatic heterocycles. The van der Waals surface area contributed by atoms with Gasteiger partial charge in [-0.15, -0.1) is 0 Å². The summed E-state index contributed by atoms with van der Waals surface area (Å²) in [6.45, 7) is 1.59. The molecule has 2 aliphatic rings. The van der Waals surface area contributed by atoms with Crippen molar-refractivity contribution < 1.29 is 9.47 Å². The van der Waals surface area contributed by atoms with Crippen molar-refractivity contribution in [2.24, 2.45) is 10.7 Å². The molecule has 114 valence electrons. The number of hydrogen-bond donors (Lipinski definition) is 2. The van der Waals surface area contributed by atoms with Crippen molar-refractivity contribution in [3.63, 3.8) is 0 Å². The summed E-state index contributed by atoms with van der Waals surface area (Å²) in [7, 11) is 3.61. The smallest absolute Gasteiger partial charge is 0.163 e. The average Bonchev–Trinajstić information content (AvgIpc) is 2.73. The molecule has 0 unspecified atom stereocenters. The minimum absolute atomic E-state index is 0.0345. The maximum atomic E-state index is 6.17. The molecular weight excluding hydrogens is 266 g/mol. The standard InChI is InChI=1S/C16H23N3O2/c1-18-7-4-8-21-14-10-12-11(9-13(14)20-2)16(5-3-6-16)15(17)19-12/h9-10,18H,3-8H2,1-2H3,(H2,17,19). The highest BCUT2D eigenvalue weighted by atomic mass is 16.5. The number of methoxy groups -OCH3 is 1. The van der Waals surface area contributed by atoms with Crippen LogP contribution in [0.1, 0.15) is 31.2 Å². The third kappa shape index (κ3) is 2.25. The Morgan fingerprint density at radius 1 is 1.33 bits per heavy atom. The lowest BCUT2D eigenvalue weighted by Crippen LogP contribution is -2.44.